The first kappa shape index (κ1) is 22.9. The van der Waals surface area contributed by atoms with Crippen molar-refractivity contribution in [2.75, 3.05) is 25.6 Å². The van der Waals surface area contributed by atoms with Crippen LogP contribution < -0.4 is 25.6 Å². The largest absolute Gasteiger partial charge is 0.490 e. The van der Waals surface area contributed by atoms with Gasteiger partial charge in [0.05, 0.1) is 31.6 Å². The Bertz CT molecular complexity index is 953. The molecule has 1 saturated heterocycles. The first-order valence-corrected chi connectivity index (χ1v) is 10.4. The molecule has 0 aromatic heterocycles. The number of amides is 1. The summed E-state index contributed by atoms with van der Waals surface area (Å²) in [6, 6.07) is 9.98. The van der Waals surface area contributed by atoms with E-state index in [4.69, 9.17) is 25.8 Å². The molecule has 31 heavy (non-hydrogen) atoms. The third-order valence-electron chi connectivity index (χ3n) is 4.79. The Kier molecular flexibility index (Phi) is 7.73. The lowest BCUT2D eigenvalue weighted by Gasteiger charge is -2.18. The number of carbonyl (C=O) groups is 2. The molecule has 3 N–H and O–H groups in total. The Morgan fingerprint density at radius 3 is 2.58 bits per heavy atom. The highest BCUT2D eigenvalue weighted by Crippen LogP contribution is 2.38. The lowest BCUT2D eigenvalue weighted by Crippen LogP contribution is -2.39. The van der Waals surface area contributed by atoms with Crippen LogP contribution in [0.3, 0.4) is 0 Å². The second-order valence-electron chi connectivity index (χ2n) is 6.88. The number of rotatable bonds is 8. The van der Waals surface area contributed by atoms with Gasteiger partial charge >= 0.3 is 5.97 Å². The molecule has 3 rings (SSSR count). The summed E-state index contributed by atoms with van der Waals surface area (Å²) in [5.41, 5.74) is 7.71. The SMILES string of the molecule is CCOc1cc(C(=O)OC)cc(NC(=O)C2CC(c3cccc(Cl)c3)NN2)c1OCC. The van der Waals surface area contributed by atoms with E-state index in [0.29, 0.717) is 41.8 Å². The second kappa shape index (κ2) is 10.5. The molecule has 1 aliphatic rings. The molecule has 1 amide bonds. The first-order valence-electron chi connectivity index (χ1n) is 10.1. The number of anilines is 1. The summed E-state index contributed by atoms with van der Waals surface area (Å²) in [5, 5.41) is 3.49. The highest BCUT2D eigenvalue weighted by Gasteiger charge is 2.31. The molecular formula is C22H26ClN3O5. The van der Waals surface area contributed by atoms with Gasteiger partial charge in [-0.15, -0.1) is 0 Å². The molecular weight excluding hydrogens is 422 g/mol. The van der Waals surface area contributed by atoms with E-state index in [2.05, 4.69) is 16.2 Å². The van der Waals surface area contributed by atoms with Crippen molar-refractivity contribution in [2.24, 2.45) is 0 Å². The first-order chi connectivity index (χ1) is 15.0. The summed E-state index contributed by atoms with van der Waals surface area (Å²) in [5.74, 6) is -0.0943. The maximum atomic E-state index is 13.0. The number of hydrazine groups is 1. The van der Waals surface area contributed by atoms with Gasteiger partial charge in [0.1, 0.15) is 6.04 Å². The molecule has 0 aliphatic carbocycles. The number of benzene rings is 2. The predicted molar refractivity (Wildman–Crippen MR) is 118 cm³/mol. The number of hydrogen-bond acceptors (Lipinski definition) is 7. The van der Waals surface area contributed by atoms with Gasteiger partial charge in [-0.1, -0.05) is 23.7 Å². The van der Waals surface area contributed by atoms with E-state index in [9.17, 15) is 9.59 Å². The van der Waals surface area contributed by atoms with Crippen molar-refractivity contribution in [1.29, 1.82) is 0 Å². The topological polar surface area (TPSA) is 97.9 Å². The van der Waals surface area contributed by atoms with Gasteiger partial charge in [-0.05, 0) is 50.1 Å². The van der Waals surface area contributed by atoms with Crippen LogP contribution >= 0.6 is 11.6 Å². The highest BCUT2D eigenvalue weighted by molar-refractivity contribution is 6.30. The summed E-state index contributed by atoms with van der Waals surface area (Å²) < 4.78 is 16.2. The van der Waals surface area contributed by atoms with Crippen LogP contribution in [0.25, 0.3) is 0 Å². The Labute approximate surface area is 186 Å². The van der Waals surface area contributed by atoms with Crippen LogP contribution in [0.15, 0.2) is 36.4 Å². The van der Waals surface area contributed by atoms with E-state index in [1.165, 1.54) is 13.2 Å². The van der Waals surface area contributed by atoms with Crippen LogP contribution in [-0.2, 0) is 9.53 Å². The van der Waals surface area contributed by atoms with Gasteiger partial charge in [-0.3, -0.25) is 4.79 Å². The molecule has 8 nitrogen and oxygen atoms in total. The highest BCUT2D eigenvalue weighted by atomic mass is 35.5. The Morgan fingerprint density at radius 1 is 1.13 bits per heavy atom. The summed E-state index contributed by atoms with van der Waals surface area (Å²) in [6.07, 6.45) is 0.519. The minimum atomic E-state index is -0.541. The number of carbonyl (C=O) groups excluding carboxylic acids is 2. The monoisotopic (exact) mass is 447 g/mol. The standard InChI is InChI=1S/C22H26ClN3O5/c1-4-30-19-11-14(22(28)29-3)10-17(20(19)31-5-2)24-21(27)18-12-16(25-26-18)13-7-6-8-15(23)9-13/h6-11,16,18,25-26H,4-5,12H2,1-3H3,(H,24,27). The molecule has 0 saturated carbocycles. The van der Waals surface area contributed by atoms with Gasteiger partial charge in [0, 0.05) is 11.1 Å². The van der Waals surface area contributed by atoms with Crippen molar-refractivity contribution >= 4 is 29.2 Å². The van der Waals surface area contributed by atoms with E-state index in [0.717, 1.165) is 5.56 Å². The summed E-state index contributed by atoms with van der Waals surface area (Å²) >= 11 is 6.08. The summed E-state index contributed by atoms with van der Waals surface area (Å²) in [7, 11) is 1.29. The van der Waals surface area contributed by atoms with Crippen LogP contribution in [0.5, 0.6) is 11.5 Å². The quantitative estimate of drug-likeness (QED) is 0.533. The van der Waals surface area contributed by atoms with E-state index in [1.54, 1.807) is 12.1 Å². The maximum absolute atomic E-state index is 13.0. The van der Waals surface area contributed by atoms with Crippen molar-refractivity contribution in [3.8, 4) is 11.5 Å². The lowest BCUT2D eigenvalue weighted by atomic mass is 10.0. The van der Waals surface area contributed by atoms with E-state index in [1.807, 2.05) is 32.0 Å². The molecule has 2 unspecified atom stereocenters. The third-order valence-corrected chi connectivity index (χ3v) is 5.03. The summed E-state index contributed by atoms with van der Waals surface area (Å²) in [4.78, 5) is 25.1. The van der Waals surface area contributed by atoms with Crippen molar-refractivity contribution in [3.05, 3.63) is 52.5 Å². The fourth-order valence-corrected chi connectivity index (χ4v) is 3.58. The number of hydrogen-bond donors (Lipinski definition) is 3. The number of esters is 1. The van der Waals surface area contributed by atoms with Gasteiger partial charge in [0.15, 0.2) is 11.5 Å². The maximum Gasteiger partial charge on any atom is 0.338 e. The van der Waals surface area contributed by atoms with Crippen molar-refractivity contribution in [2.45, 2.75) is 32.4 Å². The van der Waals surface area contributed by atoms with Crippen molar-refractivity contribution in [1.82, 2.24) is 10.9 Å². The normalized spacial score (nSPS) is 17.8. The molecule has 1 fully saturated rings. The van der Waals surface area contributed by atoms with Crippen LogP contribution in [-0.4, -0.2) is 38.2 Å². The molecule has 166 valence electrons. The lowest BCUT2D eigenvalue weighted by molar-refractivity contribution is -0.117. The zero-order valence-corrected chi connectivity index (χ0v) is 18.4. The fourth-order valence-electron chi connectivity index (χ4n) is 3.38. The number of methoxy groups -OCH3 is 1. The number of ether oxygens (including phenoxy) is 3. The van der Waals surface area contributed by atoms with Crippen LogP contribution in [0, 0.1) is 0 Å². The van der Waals surface area contributed by atoms with Gasteiger partial charge in [0.2, 0.25) is 5.91 Å². The molecule has 2 aromatic rings. The Morgan fingerprint density at radius 2 is 1.90 bits per heavy atom. The predicted octanol–water partition coefficient (Wildman–Crippen LogP) is 3.47. The molecule has 0 spiro atoms. The molecule has 0 bridgehead atoms. The Hall–Kier alpha value is -2.81. The smallest absolute Gasteiger partial charge is 0.338 e. The fraction of sp³-hybridized carbons (Fsp3) is 0.364. The van der Waals surface area contributed by atoms with Gasteiger partial charge in [-0.2, -0.15) is 0 Å². The summed E-state index contributed by atoms with van der Waals surface area (Å²) in [6.45, 7) is 4.38. The van der Waals surface area contributed by atoms with E-state index < -0.39 is 12.0 Å². The van der Waals surface area contributed by atoms with Crippen LogP contribution in [0.2, 0.25) is 5.02 Å². The molecule has 1 heterocycles. The molecule has 2 atom stereocenters. The number of halogens is 1. The second-order valence-corrected chi connectivity index (χ2v) is 7.32. The van der Waals surface area contributed by atoms with Gasteiger partial charge < -0.3 is 19.5 Å². The van der Waals surface area contributed by atoms with Crippen molar-refractivity contribution < 1.29 is 23.8 Å². The zero-order valence-electron chi connectivity index (χ0n) is 17.7. The molecule has 0 radical (unpaired) electrons. The van der Waals surface area contributed by atoms with Gasteiger partial charge in [0.25, 0.3) is 0 Å². The molecule has 1 aliphatic heterocycles. The average molecular weight is 448 g/mol. The minimum absolute atomic E-state index is 0.0683. The molecule has 2 aromatic carbocycles. The molecule has 9 heteroatoms. The Balaban J connectivity index is 1.82. The van der Waals surface area contributed by atoms with E-state index >= 15 is 0 Å². The number of nitrogens with one attached hydrogen (secondary N) is 3. The minimum Gasteiger partial charge on any atom is -0.490 e. The van der Waals surface area contributed by atoms with Crippen LogP contribution in [0.1, 0.15) is 42.2 Å². The van der Waals surface area contributed by atoms with E-state index in [-0.39, 0.29) is 17.5 Å². The van der Waals surface area contributed by atoms with Crippen LogP contribution in [0.4, 0.5) is 5.69 Å². The third kappa shape index (κ3) is 5.46. The average Bonchev–Trinajstić information content (AvgIpc) is 3.26. The van der Waals surface area contributed by atoms with Crippen molar-refractivity contribution in [3.63, 3.8) is 0 Å². The van der Waals surface area contributed by atoms with Gasteiger partial charge in [-0.25, -0.2) is 15.6 Å². The zero-order chi connectivity index (χ0) is 22.4.